The van der Waals surface area contributed by atoms with Crippen LogP contribution in [0.25, 0.3) is 0 Å². The maximum absolute atomic E-state index is 11.1. The van der Waals surface area contributed by atoms with Crippen molar-refractivity contribution in [3.63, 3.8) is 0 Å². The van der Waals surface area contributed by atoms with E-state index in [0.717, 1.165) is 19.5 Å². The highest BCUT2D eigenvalue weighted by Gasteiger charge is 2.26. The summed E-state index contributed by atoms with van der Waals surface area (Å²) >= 11 is 0. The molecule has 0 radical (unpaired) electrons. The number of rotatable bonds is 3. The highest BCUT2D eigenvalue weighted by atomic mass is 16.2. The van der Waals surface area contributed by atoms with Gasteiger partial charge in [-0.15, -0.1) is 0 Å². The van der Waals surface area contributed by atoms with Crippen LogP contribution in [0.3, 0.4) is 0 Å². The Bertz CT molecular complexity index is 247. The molecule has 5 nitrogen and oxygen atoms in total. The Labute approximate surface area is 90.2 Å². The predicted octanol–water partition coefficient (Wildman–Crippen LogP) is -0.586. The first-order chi connectivity index (χ1) is 7.06. The molecule has 1 saturated heterocycles. The molecule has 2 N–H and O–H groups in total. The average Bonchev–Trinajstić information content (AvgIpc) is 2.19. The van der Waals surface area contributed by atoms with Crippen molar-refractivity contribution in [3.8, 4) is 0 Å². The number of primary amides is 1. The van der Waals surface area contributed by atoms with Gasteiger partial charge in [-0.3, -0.25) is 14.5 Å². The Morgan fingerprint density at radius 3 is 2.13 bits per heavy atom. The molecule has 0 spiro atoms. The quantitative estimate of drug-likeness (QED) is 0.681. The van der Waals surface area contributed by atoms with Gasteiger partial charge in [0.25, 0.3) is 0 Å². The molecule has 0 aromatic heterocycles. The molecular formula is C10H19N3O2. The van der Waals surface area contributed by atoms with Gasteiger partial charge in [0.2, 0.25) is 11.8 Å². The maximum atomic E-state index is 11.1. The summed E-state index contributed by atoms with van der Waals surface area (Å²) < 4.78 is 0. The Hall–Kier alpha value is -1.10. The zero-order valence-electron chi connectivity index (χ0n) is 9.40. The third kappa shape index (κ3) is 2.92. The Morgan fingerprint density at radius 2 is 1.80 bits per heavy atom. The van der Waals surface area contributed by atoms with Gasteiger partial charge >= 0.3 is 0 Å². The van der Waals surface area contributed by atoms with E-state index >= 15 is 0 Å². The summed E-state index contributed by atoms with van der Waals surface area (Å²) in [4.78, 5) is 26.1. The zero-order chi connectivity index (χ0) is 11.4. The summed E-state index contributed by atoms with van der Waals surface area (Å²) in [5.74, 6) is -0.171. The summed E-state index contributed by atoms with van der Waals surface area (Å²) in [6.07, 6.45) is 0.732. The van der Waals surface area contributed by atoms with Gasteiger partial charge in [0, 0.05) is 33.1 Å². The van der Waals surface area contributed by atoms with Gasteiger partial charge in [-0.1, -0.05) is 6.92 Å². The minimum atomic E-state index is -0.270. The van der Waals surface area contributed by atoms with Crippen LogP contribution in [0.5, 0.6) is 0 Å². The molecule has 15 heavy (non-hydrogen) atoms. The van der Waals surface area contributed by atoms with Crippen LogP contribution in [0, 0.1) is 0 Å². The lowest BCUT2D eigenvalue weighted by Crippen LogP contribution is -2.54. The second-order valence-electron chi connectivity index (χ2n) is 3.87. The first-order valence-corrected chi connectivity index (χ1v) is 5.35. The van der Waals surface area contributed by atoms with Gasteiger partial charge in [-0.25, -0.2) is 0 Å². The summed E-state index contributed by atoms with van der Waals surface area (Å²) in [5, 5.41) is 0. The van der Waals surface area contributed by atoms with E-state index in [1.165, 1.54) is 0 Å². The van der Waals surface area contributed by atoms with Gasteiger partial charge in [-0.05, 0) is 6.42 Å². The van der Waals surface area contributed by atoms with Crippen molar-refractivity contribution in [1.29, 1.82) is 0 Å². The van der Waals surface area contributed by atoms with Crippen LogP contribution < -0.4 is 5.73 Å². The summed E-state index contributed by atoms with van der Waals surface area (Å²) in [6.45, 7) is 6.38. The molecule has 0 aromatic carbocycles. The molecule has 0 saturated carbocycles. The highest BCUT2D eigenvalue weighted by Crippen LogP contribution is 2.09. The van der Waals surface area contributed by atoms with Crippen molar-refractivity contribution in [1.82, 2.24) is 9.80 Å². The SMILES string of the molecule is CCC(C(N)=O)N1CCN(C(C)=O)CC1. The zero-order valence-corrected chi connectivity index (χ0v) is 9.40. The van der Waals surface area contributed by atoms with Crippen LogP contribution in [-0.2, 0) is 9.59 Å². The fourth-order valence-corrected chi connectivity index (χ4v) is 1.99. The minimum absolute atomic E-state index is 0.0989. The monoisotopic (exact) mass is 213 g/mol. The Morgan fingerprint density at radius 1 is 1.27 bits per heavy atom. The largest absolute Gasteiger partial charge is 0.368 e. The van der Waals surface area contributed by atoms with Crippen LogP contribution >= 0.6 is 0 Å². The number of hydrogen-bond acceptors (Lipinski definition) is 3. The molecule has 2 amide bonds. The van der Waals surface area contributed by atoms with Crippen molar-refractivity contribution in [2.75, 3.05) is 26.2 Å². The molecule has 1 heterocycles. The Balaban J connectivity index is 2.49. The molecule has 1 fully saturated rings. The van der Waals surface area contributed by atoms with E-state index in [1.807, 2.05) is 6.92 Å². The third-order valence-corrected chi connectivity index (χ3v) is 2.92. The van der Waals surface area contributed by atoms with Crippen molar-refractivity contribution in [2.24, 2.45) is 5.73 Å². The summed E-state index contributed by atoms with van der Waals surface area (Å²) in [7, 11) is 0. The molecule has 0 bridgehead atoms. The fourth-order valence-electron chi connectivity index (χ4n) is 1.99. The summed E-state index contributed by atoms with van der Waals surface area (Å²) in [6, 6.07) is -0.181. The van der Waals surface area contributed by atoms with E-state index in [1.54, 1.807) is 11.8 Å². The fraction of sp³-hybridized carbons (Fsp3) is 0.800. The van der Waals surface area contributed by atoms with Crippen molar-refractivity contribution >= 4 is 11.8 Å². The predicted molar refractivity (Wildman–Crippen MR) is 57.1 cm³/mol. The van der Waals surface area contributed by atoms with E-state index < -0.39 is 0 Å². The lowest BCUT2D eigenvalue weighted by molar-refractivity contribution is -0.131. The van der Waals surface area contributed by atoms with E-state index in [0.29, 0.717) is 13.1 Å². The molecule has 0 aromatic rings. The standard InChI is InChI=1S/C10H19N3O2/c1-3-9(10(11)15)13-6-4-12(5-7-13)8(2)14/h9H,3-7H2,1-2H3,(H2,11,15). The number of nitrogens with two attached hydrogens (primary N) is 1. The topological polar surface area (TPSA) is 66.6 Å². The van der Waals surface area contributed by atoms with Gasteiger partial charge in [-0.2, -0.15) is 0 Å². The molecule has 1 aliphatic heterocycles. The summed E-state index contributed by atoms with van der Waals surface area (Å²) in [5.41, 5.74) is 5.31. The average molecular weight is 213 g/mol. The number of piperazine rings is 1. The first kappa shape index (κ1) is 12.0. The van der Waals surface area contributed by atoms with Crippen molar-refractivity contribution < 1.29 is 9.59 Å². The lowest BCUT2D eigenvalue weighted by atomic mass is 10.1. The van der Waals surface area contributed by atoms with Gasteiger partial charge in [0.15, 0.2) is 0 Å². The number of hydrogen-bond donors (Lipinski definition) is 1. The number of carbonyl (C=O) groups excluding carboxylic acids is 2. The molecule has 86 valence electrons. The molecule has 1 rings (SSSR count). The van der Waals surface area contributed by atoms with Gasteiger partial charge < -0.3 is 10.6 Å². The highest BCUT2D eigenvalue weighted by molar-refractivity contribution is 5.79. The number of carbonyl (C=O) groups is 2. The van der Waals surface area contributed by atoms with Crippen LogP contribution in [-0.4, -0.2) is 53.8 Å². The van der Waals surface area contributed by atoms with E-state index in [2.05, 4.69) is 4.90 Å². The van der Waals surface area contributed by atoms with E-state index in [4.69, 9.17) is 5.73 Å². The van der Waals surface area contributed by atoms with Crippen LogP contribution in [0.4, 0.5) is 0 Å². The first-order valence-electron chi connectivity index (χ1n) is 5.35. The van der Waals surface area contributed by atoms with E-state index in [-0.39, 0.29) is 17.9 Å². The van der Waals surface area contributed by atoms with Gasteiger partial charge in [0.05, 0.1) is 6.04 Å². The normalized spacial score (nSPS) is 20.0. The smallest absolute Gasteiger partial charge is 0.234 e. The third-order valence-electron chi connectivity index (χ3n) is 2.92. The van der Waals surface area contributed by atoms with Crippen molar-refractivity contribution in [2.45, 2.75) is 26.3 Å². The Kier molecular flexibility index (Phi) is 4.08. The molecule has 5 heteroatoms. The second-order valence-corrected chi connectivity index (χ2v) is 3.87. The molecule has 0 aliphatic carbocycles. The molecule has 1 aliphatic rings. The minimum Gasteiger partial charge on any atom is -0.368 e. The number of nitrogens with zero attached hydrogens (tertiary/aromatic N) is 2. The second kappa shape index (κ2) is 5.11. The maximum Gasteiger partial charge on any atom is 0.234 e. The molecular weight excluding hydrogens is 194 g/mol. The van der Waals surface area contributed by atoms with Gasteiger partial charge in [0.1, 0.15) is 0 Å². The van der Waals surface area contributed by atoms with Crippen molar-refractivity contribution in [3.05, 3.63) is 0 Å². The molecule has 1 unspecified atom stereocenters. The number of amides is 2. The molecule has 1 atom stereocenters. The van der Waals surface area contributed by atoms with Crippen LogP contribution in [0.2, 0.25) is 0 Å². The van der Waals surface area contributed by atoms with E-state index in [9.17, 15) is 9.59 Å². The van der Waals surface area contributed by atoms with Crippen LogP contribution in [0.1, 0.15) is 20.3 Å². The lowest BCUT2D eigenvalue weighted by Gasteiger charge is -2.37. The van der Waals surface area contributed by atoms with Crippen LogP contribution in [0.15, 0.2) is 0 Å².